The van der Waals surface area contributed by atoms with Gasteiger partial charge in [-0.15, -0.1) is 0 Å². The standard InChI is InChI=1S/C8H9ClFN/c1-5(2)6-3-11-4-7(9)8(6)10/h3-5H,1-2H3. The molecule has 1 rings (SSSR count). The molecule has 0 amide bonds. The van der Waals surface area contributed by atoms with Crippen molar-refractivity contribution in [3.63, 3.8) is 0 Å². The Bertz CT molecular complexity index is 260. The quantitative estimate of drug-likeness (QED) is 0.636. The van der Waals surface area contributed by atoms with Crippen LogP contribution < -0.4 is 0 Å². The van der Waals surface area contributed by atoms with E-state index in [0.29, 0.717) is 5.56 Å². The van der Waals surface area contributed by atoms with Gasteiger partial charge < -0.3 is 0 Å². The summed E-state index contributed by atoms with van der Waals surface area (Å²) in [6.45, 7) is 3.80. The molecule has 0 fully saturated rings. The second-order valence-electron chi connectivity index (χ2n) is 2.68. The third-order valence-electron chi connectivity index (χ3n) is 1.49. The highest BCUT2D eigenvalue weighted by atomic mass is 35.5. The van der Waals surface area contributed by atoms with E-state index in [9.17, 15) is 4.39 Å². The Kier molecular flexibility index (Phi) is 2.45. The molecule has 0 aliphatic heterocycles. The predicted octanol–water partition coefficient (Wildman–Crippen LogP) is 3.00. The molecule has 3 heteroatoms. The molecule has 0 aliphatic rings. The van der Waals surface area contributed by atoms with Gasteiger partial charge in [0.25, 0.3) is 0 Å². The Hall–Kier alpha value is -0.630. The van der Waals surface area contributed by atoms with E-state index in [1.165, 1.54) is 12.4 Å². The van der Waals surface area contributed by atoms with E-state index in [1.807, 2.05) is 13.8 Å². The van der Waals surface area contributed by atoms with Crippen LogP contribution in [0.25, 0.3) is 0 Å². The highest BCUT2D eigenvalue weighted by Gasteiger charge is 2.09. The molecule has 1 aromatic heterocycles. The van der Waals surface area contributed by atoms with Gasteiger partial charge in [-0.2, -0.15) is 0 Å². The molecule has 0 unspecified atom stereocenters. The lowest BCUT2D eigenvalue weighted by molar-refractivity contribution is 0.595. The zero-order valence-corrected chi connectivity index (χ0v) is 7.19. The summed E-state index contributed by atoms with van der Waals surface area (Å²) in [5.74, 6) is -0.224. The van der Waals surface area contributed by atoms with Crippen molar-refractivity contribution in [3.05, 3.63) is 28.8 Å². The molecule has 0 bridgehead atoms. The van der Waals surface area contributed by atoms with Gasteiger partial charge in [0.05, 0.1) is 5.02 Å². The van der Waals surface area contributed by atoms with Crippen molar-refractivity contribution >= 4 is 11.6 Å². The molecule has 60 valence electrons. The molecular weight excluding hydrogens is 165 g/mol. The summed E-state index contributed by atoms with van der Waals surface area (Å²) < 4.78 is 13.1. The van der Waals surface area contributed by atoms with Crippen LogP contribution in [-0.4, -0.2) is 4.98 Å². The first kappa shape index (κ1) is 8.47. The molecule has 1 heterocycles. The van der Waals surface area contributed by atoms with E-state index >= 15 is 0 Å². The molecule has 0 spiro atoms. The number of rotatable bonds is 1. The number of nitrogens with zero attached hydrogens (tertiary/aromatic N) is 1. The molecule has 0 aromatic carbocycles. The van der Waals surface area contributed by atoms with Gasteiger partial charge in [-0.05, 0) is 5.92 Å². The van der Waals surface area contributed by atoms with Gasteiger partial charge in [0.2, 0.25) is 0 Å². The van der Waals surface area contributed by atoms with E-state index < -0.39 is 0 Å². The van der Waals surface area contributed by atoms with Crippen molar-refractivity contribution in [3.8, 4) is 0 Å². The second kappa shape index (κ2) is 3.18. The van der Waals surface area contributed by atoms with Gasteiger partial charge in [0.1, 0.15) is 5.82 Å². The van der Waals surface area contributed by atoms with Gasteiger partial charge in [-0.3, -0.25) is 4.98 Å². The van der Waals surface area contributed by atoms with E-state index in [2.05, 4.69) is 4.98 Å². The summed E-state index contributed by atoms with van der Waals surface area (Å²) in [5, 5.41) is 0.0937. The lowest BCUT2D eigenvalue weighted by Crippen LogP contribution is -1.94. The Balaban J connectivity index is 3.17. The number of hydrogen-bond acceptors (Lipinski definition) is 1. The second-order valence-corrected chi connectivity index (χ2v) is 3.09. The third kappa shape index (κ3) is 1.69. The van der Waals surface area contributed by atoms with Crippen LogP contribution in [-0.2, 0) is 0 Å². The Morgan fingerprint density at radius 3 is 2.55 bits per heavy atom. The van der Waals surface area contributed by atoms with Crippen molar-refractivity contribution in [2.24, 2.45) is 0 Å². The molecular formula is C8H9ClFN. The number of pyridine rings is 1. The smallest absolute Gasteiger partial charge is 0.148 e. The fraction of sp³-hybridized carbons (Fsp3) is 0.375. The summed E-state index contributed by atoms with van der Waals surface area (Å²) in [6.07, 6.45) is 2.81. The van der Waals surface area contributed by atoms with Gasteiger partial charge in [0, 0.05) is 18.0 Å². The van der Waals surface area contributed by atoms with Crippen molar-refractivity contribution in [2.45, 2.75) is 19.8 Å². The molecule has 11 heavy (non-hydrogen) atoms. The summed E-state index contributed by atoms with van der Waals surface area (Å²) in [7, 11) is 0. The maximum Gasteiger partial charge on any atom is 0.148 e. The molecule has 0 N–H and O–H groups in total. The SMILES string of the molecule is CC(C)c1cncc(Cl)c1F. The Morgan fingerprint density at radius 2 is 2.09 bits per heavy atom. The molecule has 0 saturated heterocycles. The first-order valence-corrected chi connectivity index (χ1v) is 3.79. The van der Waals surface area contributed by atoms with Crippen LogP contribution in [0.3, 0.4) is 0 Å². The molecule has 1 nitrogen and oxygen atoms in total. The predicted molar refractivity (Wildman–Crippen MR) is 43.3 cm³/mol. The maximum atomic E-state index is 13.1. The number of hydrogen-bond donors (Lipinski definition) is 0. The summed E-state index contributed by atoms with van der Waals surface area (Å²) in [4.78, 5) is 3.79. The average Bonchev–Trinajstić information content (AvgIpc) is 1.94. The zero-order chi connectivity index (χ0) is 8.43. The van der Waals surface area contributed by atoms with Gasteiger partial charge in [-0.25, -0.2) is 4.39 Å². The van der Waals surface area contributed by atoms with Gasteiger partial charge in [-0.1, -0.05) is 25.4 Å². The number of aromatic nitrogens is 1. The van der Waals surface area contributed by atoms with Crippen molar-refractivity contribution < 1.29 is 4.39 Å². The van der Waals surface area contributed by atoms with E-state index in [0.717, 1.165) is 0 Å². The van der Waals surface area contributed by atoms with Crippen molar-refractivity contribution in [2.75, 3.05) is 0 Å². The highest BCUT2D eigenvalue weighted by molar-refractivity contribution is 6.30. The zero-order valence-electron chi connectivity index (χ0n) is 6.44. The molecule has 0 radical (unpaired) electrons. The van der Waals surface area contributed by atoms with Crippen LogP contribution in [0.4, 0.5) is 4.39 Å². The van der Waals surface area contributed by atoms with Crippen LogP contribution in [0.2, 0.25) is 5.02 Å². The first-order chi connectivity index (χ1) is 5.13. The monoisotopic (exact) mass is 173 g/mol. The van der Waals surface area contributed by atoms with Crippen LogP contribution >= 0.6 is 11.6 Å². The lowest BCUT2D eigenvalue weighted by atomic mass is 10.1. The molecule has 0 aliphatic carbocycles. The lowest BCUT2D eigenvalue weighted by Gasteiger charge is -2.05. The van der Waals surface area contributed by atoms with Crippen LogP contribution in [0, 0.1) is 5.82 Å². The molecule has 1 aromatic rings. The first-order valence-electron chi connectivity index (χ1n) is 3.42. The summed E-state index contributed by atoms with van der Waals surface area (Å²) >= 11 is 5.52. The van der Waals surface area contributed by atoms with E-state index in [1.54, 1.807) is 0 Å². The summed E-state index contributed by atoms with van der Waals surface area (Å²) in [6, 6.07) is 0. The third-order valence-corrected chi connectivity index (χ3v) is 1.75. The van der Waals surface area contributed by atoms with Crippen LogP contribution in [0.15, 0.2) is 12.4 Å². The minimum absolute atomic E-state index is 0.0937. The average molecular weight is 174 g/mol. The van der Waals surface area contributed by atoms with Gasteiger partial charge >= 0.3 is 0 Å². The van der Waals surface area contributed by atoms with Crippen molar-refractivity contribution in [1.82, 2.24) is 4.98 Å². The Labute approximate surface area is 70.2 Å². The fourth-order valence-electron chi connectivity index (χ4n) is 0.837. The van der Waals surface area contributed by atoms with Crippen LogP contribution in [0.1, 0.15) is 25.3 Å². The molecule has 0 atom stereocenters. The van der Waals surface area contributed by atoms with Gasteiger partial charge in [0.15, 0.2) is 0 Å². The maximum absolute atomic E-state index is 13.1. The number of halogens is 2. The topological polar surface area (TPSA) is 12.9 Å². The van der Waals surface area contributed by atoms with E-state index in [-0.39, 0.29) is 16.8 Å². The van der Waals surface area contributed by atoms with Crippen molar-refractivity contribution in [1.29, 1.82) is 0 Å². The normalized spacial score (nSPS) is 10.6. The largest absolute Gasteiger partial charge is 0.263 e. The van der Waals surface area contributed by atoms with E-state index in [4.69, 9.17) is 11.6 Å². The fourth-order valence-corrected chi connectivity index (χ4v) is 1.00. The summed E-state index contributed by atoms with van der Waals surface area (Å²) in [5.41, 5.74) is 0.567. The minimum atomic E-state index is -0.350. The molecule has 0 saturated carbocycles. The van der Waals surface area contributed by atoms with Crippen LogP contribution in [0.5, 0.6) is 0 Å². The highest BCUT2D eigenvalue weighted by Crippen LogP contribution is 2.22. The Morgan fingerprint density at radius 1 is 1.45 bits per heavy atom. The minimum Gasteiger partial charge on any atom is -0.263 e.